The maximum Gasteiger partial charge on any atom is 0.178 e. The van der Waals surface area contributed by atoms with Crippen LogP contribution in [0.3, 0.4) is 0 Å². The van der Waals surface area contributed by atoms with E-state index in [-0.39, 0.29) is 0 Å². The predicted molar refractivity (Wildman–Crippen MR) is 89.3 cm³/mol. The maximum atomic E-state index is 11.8. The SMILES string of the molecule is Cc1cccnc1N1CCC[C@@H](Cc2[nH]ncc2S(C)(=O)=O)C1. The highest BCUT2D eigenvalue weighted by molar-refractivity contribution is 7.90. The number of aromatic nitrogens is 3. The summed E-state index contributed by atoms with van der Waals surface area (Å²) in [5.41, 5.74) is 1.89. The summed E-state index contributed by atoms with van der Waals surface area (Å²) in [5.74, 6) is 1.43. The number of pyridine rings is 1. The van der Waals surface area contributed by atoms with Crippen LogP contribution < -0.4 is 4.90 Å². The first kappa shape index (κ1) is 16.0. The summed E-state index contributed by atoms with van der Waals surface area (Å²) >= 11 is 0. The lowest BCUT2D eigenvalue weighted by molar-refractivity contribution is 0.405. The van der Waals surface area contributed by atoms with Crippen molar-refractivity contribution in [1.29, 1.82) is 0 Å². The lowest BCUT2D eigenvalue weighted by atomic mass is 9.93. The van der Waals surface area contributed by atoms with Gasteiger partial charge in [0.25, 0.3) is 0 Å². The quantitative estimate of drug-likeness (QED) is 0.925. The Kier molecular flexibility index (Phi) is 4.39. The summed E-state index contributed by atoms with van der Waals surface area (Å²) in [6.45, 7) is 3.96. The molecule has 0 spiro atoms. The number of hydrogen-bond donors (Lipinski definition) is 1. The molecule has 0 saturated carbocycles. The van der Waals surface area contributed by atoms with Gasteiger partial charge in [-0.15, -0.1) is 0 Å². The van der Waals surface area contributed by atoms with Crippen molar-refractivity contribution in [2.24, 2.45) is 5.92 Å². The van der Waals surface area contributed by atoms with Gasteiger partial charge in [0.15, 0.2) is 9.84 Å². The number of sulfone groups is 1. The molecule has 0 amide bonds. The molecule has 1 fully saturated rings. The van der Waals surface area contributed by atoms with Gasteiger partial charge in [-0.3, -0.25) is 5.10 Å². The number of nitrogens with zero attached hydrogens (tertiary/aromatic N) is 3. The molecule has 1 saturated heterocycles. The van der Waals surface area contributed by atoms with Gasteiger partial charge in [-0.05, 0) is 43.7 Å². The highest BCUT2D eigenvalue weighted by Crippen LogP contribution is 2.27. The van der Waals surface area contributed by atoms with Crippen molar-refractivity contribution in [3.63, 3.8) is 0 Å². The Labute approximate surface area is 136 Å². The third kappa shape index (κ3) is 3.55. The molecule has 124 valence electrons. The van der Waals surface area contributed by atoms with Crippen LogP contribution in [-0.4, -0.2) is 42.9 Å². The lowest BCUT2D eigenvalue weighted by Gasteiger charge is -2.34. The van der Waals surface area contributed by atoms with Crippen LogP contribution in [0.2, 0.25) is 0 Å². The molecule has 0 radical (unpaired) electrons. The van der Waals surface area contributed by atoms with E-state index in [1.165, 1.54) is 18.0 Å². The second-order valence-corrected chi connectivity index (χ2v) is 8.27. The molecule has 1 N–H and O–H groups in total. The molecule has 2 aromatic heterocycles. The first-order chi connectivity index (χ1) is 10.9. The molecule has 0 aliphatic carbocycles. The third-order valence-electron chi connectivity index (χ3n) is 4.37. The maximum absolute atomic E-state index is 11.8. The highest BCUT2D eigenvalue weighted by atomic mass is 32.2. The van der Waals surface area contributed by atoms with Crippen molar-refractivity contribution in [1.82, 2.24) is 15.2 Å². The zero-order chi connectivity index (χ0) is 16.4. The fourth-order valence-electron chi connectivity index (χ4n) is 3.29. The van der Waals surface area contributed by atoms with E-state index < -0.39 is 9.84 Å². The fourth-order valence-corrected chi connectivity index (χ4v) is 4.11. The van der Waals surface area contributed by atoms with E-state index >= 15 is 0 Å². The van der Waals surface area contributed by atoms with Gasteiger partial charge in [0.1, 0.15) is 10.7 Å². The van der Waals surface area contributed by atoms with Crippen molar-refractivity contribution in [2.75, 3.05) is 24.2 Å². The van der Waals surface area contributed by atoms with Crippen LogP contribution in [0, 0.1) is 12.8 Å². The first-order valence-electron chi connectivity index (χ1n) is 7.84. The van der Waals surface area contributed by atoms with E-state index in [0.29, 0.717) is 17.2 Å². The Balaban J connectivity index is 1.75. The average molecular weight is 334 g/mol. The second-order valence-electron chi connectivity index (χ2n) is 6.29. The largest absolute Gasteiger partial charge is 0.356 e. The number of nitrogens with one attached hydrogen (secondary N) is 1. The number of aryl methyl sites for hydroxylation is 1. The van der Waals surface area contributed by atoms with Gasteiger partial charge in [0, 0.05) is 25.5 Å². The van der Waals surface area contributed by atoms with E-state index in [1.54, 1.807) is 0 Å². The van der Waals surface area contributed by atoms with Crippen molar-refractivity contribution >= 4 is 15.7 Å². The molecule has 23 heavy (non-hydrogen) atoms. The van der Waals surface area contributed by atoms with Crippen LogP contribution in [0.5, 0.6) is 0 Å². The van der Waals surface area contributed by atoms with Crippen LogP contribution >= 0.6 is 0 Å². The van der Waals surface area contributed by atoms with Crippen LogP contribution in [0.1, 0.15) is 24.1 Å². The molecule has 0 aromatic carbocycles. The Bertz CT molecular complexity index is 785. The topological polar surface area (TPSA) is 79.0 Å². The second kappa shape index (κ2) is 6.31. The van der Waals surface area contributed by atoms with Crippen molar-refractivity contribution in [3.05, 3.63) is 35.8 Å². The third-order valence-corrected chi connectivity index (χ3v) is 5.52. The monoisotopic (exact) mass is 334 g/mol. The summed E-state index contributed by atoms with van der Waals surface area (Å²) in [4.78, 5) is 7.13. The van der Waals surface area contributed by atoms with Crippen molar-refractivity contribution in [3.8, 4) is 0 Å². The molecule has 2 aromatic rings. The van der Waals surface area contributed by atoms with Crippen molar-refractivity contribution < 1.29 is 8.42 Å². The summed E-state index contributed by atoms with van der Waals surface area (Å²) in [6, 6.07) is 4.02. The Morgan fingerprint density at radius 1 is 1.43 bits per heavy atom. The minimum Gasteiger partial charge on any atom is -0.356 e. The highest BCUT2D eigenvalue weighted by Gasteiger charge is 2.25. The number of rotatable bonds is 4. The summed E-state index contributed by atoms with van der Waals surface area (Å²) in [7, 11) is -3.23. The molecule has 7 heteroatoms. The molecule has 0 bridgehead atoms. The zero-order valence-corrected chi connectivity index (χ0v) is 14.3. The Morgan fingerprint density at radius 2 is 2.26 bits per heavy atom. The van der Waals surface area contributed by atoms with Gasteiger partial charge < -0.3 is 4.90 Å². The lowest BCUT2D eigenvalue weighted by Crippen LogP contribution is -2.37. The summed E-state index contributed by atoms with van der Waals surface area (Å²) in [6.07, 6.45) is 7.33. The van der Waals surface area contributed by atoms with Crippen LogP contribution in [-0.2, 0) is 16.3 Å². The molecule has 6 nitrogen and oxygen atoms in total. The summed E-state index contributed by atoms with van der Waals surface area (Å²) in [5, 5.41) is 6.78. The molecule has 1 atom stereocenters. The smallest absolute Gasteiger partial charge is 0.178 e. The van der Waals surface area contributed by atoms with E-state index in [1.807, 2.05) is 12.3 Å². The minimum absolute atomic E-state index is 0.323. The molecular weight excluding hydrogens is 312 g/mol. The normalized spacial score (nSPS) is 19.0. The van der Waals surface area contributed by atoms with E-state index in [9.17, 15) is 8.42 Å². The van der Waals surface area contributed by atoms with Crippen LogP contribution in [0.4, 0.5) is 5.82 Å². The molecule has 1 aliphatic rings. The van der Waals surface area contributed by atoms with E-state index in [4.69, 9.17) is 0 Å². The Morgan fingerprint density at radius 3 is 3.00 bits per heavy atom. The Hall–Kier alpha value is -1.89. The van der Waals surface area contributed by atoms with Gasteiger partial charge >= 0.3 is 0 Å². The number of H-pyrrole nitrogens is 1. The van der Waals surface area contributed by atoms with Gasteiger partial charge in [-0.25, -0.2) is 13.4 Å². The van der Waals surface area contributed by atoms with E-state index in [2.05, 4.69) is 33.1 Å². The van der Waals surface area contributed by atoms with E-state index in [0.717, 1.165) is 37.4 Å². The number of aromatic amines is 1. The summed E-state index contributed by atoms with van der Waals surface area (Å²) < 4.78 is 23.6. The molecule has 3 rings (SSSR count). The zero-order valence-electron chi connectivity index (χ0n) is 13.5. The van der Waals surface area contributed by atoms with Gasteiger partial charge in [-0.2, -0.15) is 5.10 Å². The standard InChI is InChI=1S/C16H22N4O2S/c1-12-5-3-7-17-16(12)20-8-4-6-13(11-20)9-14-15(10-18-19-14)23(2,21)22/h3,5,7,10,13H,4,6,8-9,11H2,1-2H3,(H,18,19)/t13-/m0/s1. The number of hydrogen-bond acceptors (Lipinski definition) is 5. The van der Waals surface area contributed by atoms with Crippen molar-refractivity contribution in [2.45, 2.75) is 31.1 Å². The fraction of sp³-hybridized carbons (Fsp3) is 0.500. The first-order valence-corrected chi connectivity index (χ1v) is 9.73. The average Bonchev–Trinajstić information content (AvgIpc) is 2.96. The number of piperidine rings is 1. The van der Waals surface area contributed by atoms with Crippen LogP contribution in [0.25, 0.3) is 0 Å². The van der Waals surface area contributed by atoms with Gasteiger partial charge in [0.05, 0.1) is 11.9 Å². The predicted octanol–water partition coefficient (Wildman–Crippen LogP) is 1.98. The molecule has 3 heterocycles. The molecule has 0 unspecified atom stereocenters. The van der Waals surface area contributed by atoms with Gasteiger partial charge in [0.2, 0.25) is 0 Å². The van der Waals surface area contributed by atoms with Gasteiger partial charge in [-0.1, -0.05) is 6.07 Å². The number of anilines is 1. The minimum atomic E-state index is -3.23. The molecular formula is C16H22N4O2S. The van der Waals surface area contributed by atoms with Crippen LogP contribution in [0.15, 0.2) is 29.4 Å². The molecule has 1 aliphatic heterocycles.